The Morgan fingerprint density at radius 3 is 2.44 bits per heavy atom. The summed E-state index contributed by atoms with van der Waals surface area (Å²) in [7, 11) is 1.77. The summed E-state index contributed by atoms with van der Waals surface area (Å²) < 4.78 is 0. The fourth-order valence-corrected chi connectivity index (χ4v) is 3.54. The van der Waals surface area contributed by atoms with Gasteiger partial charge in [-0.25, -0.2) is 0 Å². The van der Waals surface area contributed by atoms with Gasteiger partial charge in [-0.2, -0.15) is 0 Å². The number of rotatable bonds is 7. The van der Waals surface area contributed by atoms with Crippen LogP contribution in [0.3, 0.4) is 0 Å². The van der Waals surface area contributed by atoms with Crippen LogP contribution in [0.5, 0.6) is 0 Å². The molecule has 2 aromatic carbocycles. The molecule has 5 heteroatoms. The number of likely N-dealkylation sites (N-methyl/N-ethyl adjacent to an activating group) is 1. The molecule has 0 unspecified atom stereocenters. The van der Waals surface area contributed by atoms with E-state index in [1.54, 1.807) is 11.9 Å². The van der Waals surface area contributed by atoms with E-state index in [0.29, 0.717) is 0 Å². The van der Waals surface area contributed by atoms with Crippen molar-refractivity contribution < 1.29 is 9.59 Å². The Morgan fingerprint density at radius 1 is 0.963 bits per heavy atom. The van der Waals surface area contributed by atoms with Crippen LogP contribution in [0.2, 0.25) is 0 Å². The number of anilines is 2. The zero-order valence-corrected chi connectivity index (χ0v) is 16.0. The lowest BCUT2D eigenvalue weighted by Crippen LogP contribution is -2.36. The van der Waals surface area contributed by atoms with Crippen molar-refractivity contribution in [1.29, 1.82) is 0 Å². The molecule has 0 aliphatic heterocycles. The van der Waals surface area contributed by atoms with Gasteiger partial charge in [-0.05, 0) is 67.6 Å². The molecule has 0 bridgehead atoms. The average Bonchev–Trinajstić information content (AvgIpc) is 3.09. The van der Waals surface area contributed by atoms with Crippen molar-refractivity contribution in [1.82, 2.24) is 4.90 Å². The molecule has 5 nitrogen and oxygen atoms in total. The summed E-state index contributed by atoms with van der Waals surface area (Å²) in [6, 6.07) is 13.9. The highest BCUT2D eigenvalue weighted by Crippen LogP contribution is 2.24. The molecular weight excluding hydrogens is 338 g/mol. The normalized spacial score (nSPS) is 12.7. The summed E-state index contributed by atoms with van der Waals surface area (Å²) in [6.45, 7) is 2.38. The van der Waals surface area contributed by atoms with E-state index in [1.165, 1.54) is 17.5 Å². The molecule has 0 spiro atoms. The number of carbonyl (C=O) groups excluding carboxylic acids is 2. The quantitative estimate of drug-likeness (QED) is 0.792. The number of aryl methyl sites for hydroxylation is 3. The third-order valence-electron chi connectivity index (χ3n) is 4.88. The molecule has 142 valence electrons. The molecule has 0 fully saturated rings. The van der Waals surface area contributed by atoms with Crippen LogP contribution in [-0.4, -0.2) is 36.9 Å². The minimum atomic E-state index is -0.122. The molecule has 0 heterocycles. The van der Waals surface area contributed by atoms with Gasteiger partial charge in [0, 0.05) is 11.4 Å². The Hall–Kier alpha value is -2.66. The fraction of sp³-hybridized carbons (Fsp3) is 0.364. The first-order chi connectivity index (χ1) is 13.0. The Kier molecular flexibility index (Phi) is 6.24. The Morgan fingerprint density at radius 2 is 1.67 bits per heavy atom. The van der Waals surface area contributed by atoms with E-state index in [9.17, 15) is 9.59 Å². The molecule has 3 rings (SSSR count). The first-order valence-corrected chi connectivity index (χ1v) is 9.53. The highest BCUT2D eigenvalue weighted by Gasteiger charge is 2.14. The van der Waals surface area contributed by atoms with E-state index in [0.717, 1.165) is 36.2 Å². The third-order valence-corrected chi connectivity index (χ3v) is 4.88. The van der Waals surface area contributed by atoms with Gasteiger partial charge in [0.15, 0.2) is 0 Å². The average molecular weight is 365 g/mol. The molecule has 1 aliphatic carbocycles. The number of hydrogen-bond acceptors (Lipinski definition) is 3. The van der Waals surface area contributed by atoms with Crippen LogP contribution in [0.4, 0.5) is 11.4 Å². The predicted octanol–water partition coefficient (Wildman–Crippen LogP) is 3.25. The van der Waals surface area contributed by atoms with Crippen molar-refractivity contribution >= 4 is 23.2 Å². The van der Waals surface area contributed by atoms with Crippen LogP contribution >= 0.6 is 0 Å². The molecule has 27 heavy (non-hydrogen) atoms. The number of nitrogens with zero attached hydrogens (tertiary/aromatic N) is 1. The SMILES string of the molecule is CCc1ccccc1NC(=O)CN(C)CC(=O)Nc1ccc2c(c1)CCC2. The van der Waals surface area contributed by atoms with Gasteiger partial charge in [-0.1, -0.05) is 31.2 Å². The van der Waals surface area contributed by atoms with Crippen molar-refractivity contribution in [2.75, 3.05) is 30.8 Å². The van der Waals surface area contributed by atoms with Crippen LogP contribution in [0.15, 0.2) is 42.5 Å². The van der Waals surface area contributed by atoms with Crippen LogP contribution in [0.1, 0.15) is 30.0 Å². The van der Waals surface area contributed by atoms with Gasteiger partial charge in [-0.15, -0.1) is 0 Å². The van der Waals surface area contributed by atoms with Gasteiger partial charge in [0.1, 0.15) is 0 Å². The largest absolute Gasteiger partial charge is 0.325 e. The smallest absolute Gasteiger partial charge is 0.238 e. The van der Waals surface area contributed by atoms with E-state index in [2.05, 4.69) is 29.7 Å². The van der Waals surface area contributed by atoms with Crippen molar-refractivity contribution in [2.45, 2.75) is 32.6 Å². The monoisotopic (exact) mass is 365 g/mol. The van der Waals surface area contributed by atoms with Crippen LogP contribution in [0, 0.1) is 0 Å². The van der Waals surface area contributed by atoms with E-state index in [4.69, 9.17) is 0 Å². The molecular formula is C22H27N3O2. The Balaban J connectivity index is 1.49. The minimum absolute atomic E-state index is 0.114. The van der Waals surface area contributed by atoms with E-state index < -0.39 is 0 Å². The van der Waals surface area contributed by atoms with Crippen molar-refractivity contribution in [2.24, 2.45) is 0 Å². The minimum Gasteiger partial charge on any atom is -0.325 e. The molecule has 2 amide bonds. The molecule has 0 aromatic heterocycles. The Labute approximate surface area is 160 Å². The fourth-order valence-electron chi connectivity index (χ4n) is 3.54. The summed E-state index contributed by atoms with van der Waals surface area (Å²) in [5.41, 5.74) is 5.48. The second-order valence-corrected chi connectivity index (χ2v) is 7.12. The summed E-state index contributed by atoms with van der Waals surface area (Å²) >= 11 is 0. The highest BCUT2D eigenvalue weighted by atomic mass is 16.2. The van der Waals surface area contributed by atoms with Crippen molar-refractivity contribution in [3.05, 3.63) is 59.2 Å². The molecule has 1 aliphatic rings. The van der Waals surface area contributed by atoms with Crippen molar-refractivity contribution in [3.8, 4) is 0 Å². The first-order valence-electron chi connectivity index (χ1n) is 9.53. The van der Waals surface area contributed by atoms with Gasteiger partial charge in [0.05, 0.1) is 13.1 Å². The van der Waals surface area contributed by atoms with Crippen LogP contribution in [0.25, 0.3) is 0 Å². The van der Waals surface area contributed by atoms with Gasteiger partial charge in [-0.3, -0.25) is 14.5 Å². The molecule has 0 radical (unpaired) electrons. The number of carbonyl (C=O) groups is 2. The first kappa shape index (κ1) is 19.1. The zero-order chi connectivity index (χ0) is 19.2. The second-order valence-electron chi connectivity index (χ2n) is 7.12. The lowest BCUT2D eigenvalue weighted by molar-refractivity contribution is -0.119. The highest BCUT2D eigenvalue weighted by molar-refractivity contribution is 5.95. The molecule has 0 saturated heterocycles. The molecule has 2 aromatic rings. The predicted molar refractivity (Wildman–Crippen MR) is 109 cm³/mol. The van der Waals surface area contributed by atoms with Crippen molar-refractivity contribution in [3.63, 3.8) is 0 Å². The number of benzene rings is 2. The number of amides is 2. The van der Waals surface area contributed by atoms with Gasteiger partial charge in [0.25, 0.3) is 0 Å². The summed E-state index contributed by atoms with van der Waals surface area (Å²) in [6.07, 6.45) is 4.25. The third kappa shape index (κ3) is 5.17. The summed E-state index contributed by atoms with van der Waals surface area (Å²) in [5.74, 6) is -0.235. The van der Waals surface area contributed by atoms with Gasteiger partial charge >= 0.3 is 0 Å². The lowest BCUT2D eigenvalue weighted by Gasteiger charge is -2.17. The van der Waals surface area contributed by atoms with E-state index in [-0.39, 0.29) is 24.9 Å². The number of para-hydroxylation sites is 1. The summed E-state index contributed by atoms with van der Waals surface area (Å²) in [5, 5.41) is 5.86. The number of nitrogens with one attached hydrogen (secondary N) is 2. The number of hydrogen-bond donors (Lipinski definition) is 2. The maximum absolute atomic E-state index is 12.3. The topological polar surface area (TPSA) is 61.4 Å². The van der Waals surface area contributed by atoms with Gasteiger partial charge in [0.2, 0.25) is 11.8 Å². The second kappa shape index (κ2) is 8.82. The standard InChI is InChI=1S/C22H27N3O2/c1-3-16-7-4-5-10-20(16)24-22(27)15-25(2)14-21(26)23-19-12-11-17-8-6-9-18(17)13-19/h4-5,7,10-13H,3,6,8-9,14-15H2,1-2H3,(H,23,26)(H,24,27). The Bertz CT molecular complexity index is 832. The molecule has 0 atom stereocenters. The zero-order valence-electron chi connectivity index (χ0n) is 16.0. The lowest BCUT2D eigenvalue weighted by atomic mass is 10.1. The van der Waals surface area contributed by atoms with E-state index in [1.807, 2.05) is 30.3 Å². The maximum Gasteiger partial charge on any atom is 0.238 e. The molecule has 0 saturated carbocycles. The maximum atomic E-state index is 12.3. The number of fused-ring (bicyclic) bond motifs is 1. The van der Waals surface area contributed by atoms with E-state index >= 15 is 0 Å². The van der Waals surface area contributed by atoms with Crippen LogP contribution in [-0.2, 0) is 28.9 Å². The van der Waals surface area contributed by atoms with Gasteiger partial charge < -0.3 is 10.6 Å². The summed E-state index contributed by atoms with van der Waals surface area (Å²) in [4.78, 5) is 26.3. The van der Waals surface area contributed by atoms with Crippen LogP contribution < -0.4 is 10.6 Å². The molecule has 2 N–H and O–H groups in total.